The number of hydrogen-bond acceptors (Lipinski definition) is 4. The largest absolute Gasteiger partial charge is 0.478 e. The summed E-state index contributed by atoms with van der Waals surface area (Å²) in [5.74, 6) is 0.300. The van der Waals surface area contributed by atoms with Crippen LogP contribution >= 0.6 is 0 Å². The van der Waals surface area contributed by atoms with Crippen LogP contribution in [-0.4, -0.2) is 39.1 Å². The third-order valence-corrected chi connectivity index (χ3v) is 4.45. The number of aromatic nitrogens is 2. The number of fused-ring (bicyclic) bond motifs is 1. The molecule has 2 heterocycles. The van der Waals surface area contributed by atoms with Crippen LogP contribution in [0.2, 0.25) is 0 Å². The molecule has 6 heteroatoms. The van der Waals surface area contributed by atoms with Gasteiger partial charge >= 0.3 is 5.97 Å². The fourth-order valence-corrected chi connectivity index (χ4v) is 2.85. The predicted molar refractivity (Wildman–Crippen MR) is 95.0 cm³/mol. The maximum atomic E-state index is 11.3. The molecule has 2 N–H and O–H groups in total. The van der Waals surface area contributed by atoms with Crippen molar-refractivity contribution in [1.82, 2.24) is 9.97 Å². The molecule has 1 aliphatic rings. The fourth-order valence-electron chi connectivity index (χ4n) is 2.85. The molecule has 2 atom stereocenters. The van der Waals surface area contributed by atoms with E-state index in [-0.39, 0.29) is 17.7 Å². The third-order valence-electron chi connectivity index (χ3n) is 4.45. The van der Waals surface area contributed by atoms with Crippen molar-refractivity contribution in [2.75, 3.05) is 0 Å². The van der Waals surface area contributed by atoms with Crippen molar-refractivity contribution >= 4 is 22.9 Å². The summed E-state index contributed by atoms with van der Waals surface area (Å²) in [5, 5.41) is 9.28. The standard InChI is InChI=1S/C19H17N3O3/c1-10-11(2)25-18(20-10)13-8-6-12(7-9-13)17-21-15-5-3-4-14(19(23)24)16(15)22-17/h3-11H,1-2H3,(H,21,22)(H,23,24). The maximum Gasteiger partial charge on any atom is 0.337 e. The molecule has 6 nitrogen and oxygen atoms in total. The van der Waals surface area contributed by atoms with E-state index in [1.165, 1.54) is 0 Å². The summed E-state index contributed by atoms with van der Waals surface area (Å²) in [6, 6.07) is 12.9. The molecule has 0 bridgehead atoms. The highest BCUT2D eigenvalue weighted by Crippen LogP contribution is 2.24. The summed E-state index contributed by atoms with van der Waals surface area (Å²) >= 11 is 0. The number of nitrogens with one attached hydrogen (secondary N) is 1. The number of nitrogens with zero attached hydrogens (tertiary/aromatic N) is 2. The predicted octanol–water partition coefficient (Wildman–Crippen LogP) is 3.48. The first-order valence-electron chi connectivity index (χ1n) is 8.10. The first kappa shape index (κ1) is 15.4. The number of hydrogen-bond donors (Lipinski definition) is 2. The molecule has 2 aromatic carbocycles. The number of para-hydroxylation sites is 1. The second-order valence-electron chi connectivity index (χ2n) is 6.17. The molecule has 126 valence electrons. The highest BCUT2D eigenvalue weighted by Gasteiger charge is 2.24. The Labute approximate surface area is 144 Å². The summed E-state index contributed by atoms with van der Waals surface area (Å²) in [6.07, 6.45) is 0.0829. The van der Waals surface area contributed by atoms with Gasteiger partial charge in [0.15, 0.2) is 0 Å². The number of H-pyrrole nitrogens is 1. The summed E-state index contributed by atoms with van der Waals surface area (Å²) in [7, 11) is 0. The summed E-state index contributed by atoms with van der Waals surface area (Å²) < 4.78 is 5.76. The number of ether oxygens (including phenoxy) is 1. The van der Waals surface area contributed by atoms with E-state index in [2.05, 4.69) is 15.0 Å². The smallest absolute Gasteiger partial charge is 0.337 e. The second kappa shape index (κ2) is 5.73. The van der Waals surface area contributed by atoms with Crippen molar-refractivity contribution in [2.45, 2.75) is 26.0 Å². The number of benzene rings is 2. The highest BCUT2D eigenvalue weighted by atomic mass is 16.5. The number of carbonyl (C=O) groups is 1. The Hall–Kier alpha value is -3.15. The number of rotatable bonds is 3. The molecule has 0 amide bonds. The van der Waals surface area contributed by atoms with Crippen molar-refractivity contribution in [3.8, 4) is 11.4 Å². The molecule has 0 spiro atoms. The molecule has 2 unspecified atom stereocenters. The molecule has 1 aromatic heterocycles. The van der Waals surface area contributed by atoms with E-state index in [1.807, 2.05) is 44.2 Å². The normalized spacial score (nSPS) is 19.7. The number of aliphatic imine (C=N–C) groups is 1. The van der Waals surface area contributed by atoms with Crippen LogP contribution in [0.15, 0.2) is 47.5 Å². The lowest BCUT2D eigenvalue weighted by Gasteiger charge is -2.08. The zero-order valence-corrected chi connectivity index (χ0v) is 13.9. The first-order chi connectivity index (χ1) is 12.0. The van der Waals surface area contributed by atoms with Gasteiger partial charge in [-0.2, -0.15) is 0 Å². The van der Waals surface area contributed by atoms with Gasteiger partial charge in [0.1, 0.15) is 17.4 Å². The molecule has 3 aromatic rings. The molecule has 0 saturated heterocycles. The van der Waals surface area contributed by atoms with Gasteiger partial charge in [0.05, 0.1) is 17.1 Å². The topological polar surface area (TPSA) is 87.6 Å². The Balaban J connectivity index is 1.69. The Morgan fingerprint density at radius 1 is 1.12 bits per heavy atom. The van der Waals surface area contributed by atoms with Crippen LogP contribution in [0.3, 0.4) is 0 Å². The second-order valence-corrected chi connectivity index (χ2v) is 6.17. The van der Waals surface area contributed by atoms with Crippen LogP contribution in [0.25, 0.3) is 22.4 Å². The molecule has 25 heavy (non-hydrogen) atoms. The van der Waals surface area contributed by atoms with Gasteiger partial charge in [-0.3, -0.25) is 0 Å². The highest BCUT2D eigenvalue weighted by molar-refractivity contribution is 6.01. The third kappa shape index (κ3) is 2.65. The van der Waals surface area contributed by atoms with E-state index in [0.717, 1.165) is 11.1 Å². The van der Waals surface area contributed by atoms with Crippen LogP contribution in [0.4, 0.5) is 0 Å². The van der Waals surface area contributed by atoms with Gasteiger partial charge in [0.2, 0.25) is 5.90 Å². The minimum Gasteiger partial charge on any atom is -0.478 e. The summed E-state index contributed by atoms with van der Waals surface area (Å²) in [6.45, 7) is 4.03. The Morgan fingerprint density at radius 3 is 2.48 bits per heavy atom. The van der Waals surface area contributed by atoms with E-state index < -0.39 is 5.97 Å². The number of carboxylic acid groups (broad SMARTS) is 1. The summed E-state index contributed by atoms with van der Waals surface area (Å²) in [4.78, 5) is 23.5. The van der Waals surface area contributed by atoms with E-state index in [1.54, 1.807) is 12.1 Å². The average Bonchev–Trinajstić information content (AvgIpc) is 3.18. The SMILES string of the molecule is CC1N=C(c2ccc(-c3nc4c(C(=O)O)cccc4[nH]3)cc2)OC1C. The number of aromatic carboxylic acids is 1. The molecule has 0 aliphatic carbocycles. The van der Waals surface area contributed by atoms with Crippen molar-refractivity contribution in [3.63, 3.8) is 0 Å². The zero-order chi connectivity index (χ0) is 17.6. The molecule has 4 rings (SSSR count). The monoisotopic (exact) mass is 335 g/mol. The zero-order valence-electron chi connectivity index (χ0n) is 13.9. The number of imidazole rings is 1. The molecule has 0 radical (unpaired) electrons. The van der Waals surface area contributed by atoms with Gasteiger partial charge in [-0.1, -0.05) is 18.2 Å². The average molecular weight is 335 g/mol. The van der Waals surface area contributed by atoms with Gasteiger partial charge in [-0.25, -0.2) is 14.8 Å². The van der Waals surface area contributed by atoms with Crippen LogP contribution in [0, 0.1) is 0 Å². The Morgan fingerprint density at radius 2 is 1.84 bits per heavy atom. The first-order valence-corrected chi connectivity index (χ1v) is 8.10. The van der Waals surface area contributed by atoms with Crippen LogP contribution in [0.5, 0.6) is 0 Å². The lowest BCUT2D eigenvalue weighted by atomic mass is 10.1. The maximum absolute atomic E-state index is 11.3. The van der Waals surface area contributed by atoms with Crippen LogP contribution in [0.1, 0.15) is 29.8 Å². The van der Waals surface area contributed by atoms with E-state index in [9.17, 15) is 9.90 Å². The van der Waals surface area contributed by atoms with E-state index in [0.29, 0.717) is 22.8 Å². The van der Waals surface area contributed by atoms with Gasteiger partial charge in [0, 0.05) is 11.1 Å². The van der Waals surface area contributed by atoms with Gasteiger partial charge in [0.25, 0.3) is 0 Å². The number of aromatic amines is 1. The van der Waals surface area contributed by atoms with Crippen molar-refractivity contribution in [3.05, 3.63) is 53.6 Å². The Bertz CT molecular complexity index is 989. The van der Waals surface area contributed by atoms with Crippen molar-refractivity contribution in [1.29, 1.82) is 0 Å². The molecular weight excluding hydrogens is 318 g/mol. The van der Waals surface area contributed by atoms with E-state index >= 15 is 0 Å². The van der Waals surface area contributed by atoms with Crippen LogP contribution < -0.4 is 0 Å². The quantitative estimate of drug-likeness (QED) is 0.767. The molecular formula is C19H17N3O3. The molecule has 0 fully saturated rings. The minimum absolute atomic E-state index is 0.0829. The molecule has 0 saturated carbocycles. The lowest BCUT2D eigenvalue weighted by Crippen LogP contribution is -2.14. The lowest BCUT2D eigenvalue weighted by molar-refractivity contribution is 0.0699. The fraction of sp³-hybridized carbons (Fsp3) is 0.211. The number of carboxylic acids is 1. The van der Waals surface area contributed by atoms with Gasteiger partial charge in [-0.05, 0) is 38.1 Å². The summed E-state index contributed by atoms with van der Waals surface area (Å²) in [5.41, 5.74) is 3.14. The minimum atomic E-state index is -0.987. The van der Waals surface area contributed by atoms with E-state index in [4.69, 9.17) is 4.74 Å². The molecule has 1 aliphatic heterocycles. The van der Waals surface area contributed by atoms with Gasteiger partial charge < -0.3 is 14.8 Å². The van der Waals surface area contributed by atoms with Crippen LogP contribution in [-0.2, 0) is 4.74 Å². The Kier molecular flexibility index (Phi) is 3.53. The van der Waals surface area contributed by atoms with Crippen molar-refractivity contribution in [2.24, 2.45) is 4.99 Å². The van der Waals surface area contributed by atoms with Gasteiger partial charge in [-0.15, -0.1) is 0 Å². The van der Waals surface area contributed by atoms with Crippen molar-refractivity contribution < 1.29 is 14.6 Å².